The first-order chi connectivity index (χ1) is 12.6. The third-order valence-electron chi connectivity index (χ3n) is 4.73. The van der Waals surface area contributed by atoms with Gasteiger partial charge in [0, 0.05) is 23.1 Å². The summed E-state index contributed by atoms with van der Waals surface area (Å²) in [5.74, 6) is 0.790. The molecule has 5 nitrogen and oxygen atoms in total. The van der Waals surface area contributed by atoms with Gasteiger partial charge in [0.2, 0.25) is 11.2 Å². The highest BCUT2D eigenvalue weighted by molar-refractivity contribution is 6.09. The predicted molar refractivity (Wildman–Crippen MR) is 101 cm³/mol. The summed E-state index contributed by atoms with van der Waals surface area (Å²) in [7, 11) is 3.66. The molecule has 0 saturated carbocycles. The zero-order valence-corrected chi connectivity index (χ0v) is 14.5. The van der Waals surface area contributed by atoms with Crippen molar-refractivity contribution in [2.45, 2.75) is 0 Å². The number of nitro benzene ring substituents is 1. The Balaban J connectivity index is 2.09. The van der Waals surface area contributed by atoms with Gasteiger partial charge in [-0.2, -0.15) is 4.57 Å². The van der Waals surface area contributed by atoms with Crippen molar-refractivity contribution < 1.29 is 14.2 Å². The van der Waals surface area contributed by atoms with Gasteiger partial charge < -0.3 is 4.74 Å². The second kappa shape index (κ2) is 6.11. The van der Waals surface area contributed by atoms with Crippen LogP contribution in [0.1, 0.15) is 0 Å². The van der Waals surface area contributed by atoms with Crippen LogP contribution in [0.25, 0.3) is 32.9 Å². The quantitative estimate of drug-likeness (QED) is 0.239. The van der Waals surface area contributed by atoms with E-state index in [4.69, 9.17) is 4.74 Å². The smallest absolute Gasteiger partial charge is 0.269 e. The van der Waals surface area contributed by atoms with Gasteiger partial charge >= 0.3 is 0 Å². The Bertz CT molecular complexity index is 1150. The number of benzene rings is 3. The number of nitrogens with zero attached hydrogens (tertiary/aromatic N) is 2. The molecule has 0 radical (unpaired) electrons. The second-order valence-corrected chi connectivity index (χ2v) is 6.14. The number of aromatic nitrogens is 1. The van der Waals surface area contributed by atoms with Gasteiger partial charge in [-0.25, -0.2) is 0 Å². The fourth-order valence-electron chi connectivity index (χ4n) is 3.46. The molecule has 0 unspecified atom stereocenters. The first kappa shape index (κ1) is 16.0. The minimum atomic E-state index is -0.382. The van der Waals surface area contributed by atoms with Crippen LogP contribution >= 0.6 is 0 Å². The number of non-ortho nitro benzene ring substituents is 1. The van der Waals surface area contributed by atoms with E-state index in [-0.39, 0.29) is 10.6 Å². The van der Waals surface area contributed by atoms with E-state index in [0.29, 0.717) is 0 Å². The molecule has 0 amide bonds. The predicted octanol–water partition coefficient (Wildman–Crippen LogP) is 4.40. The van der Waals surface area contributed by atoms with Crippen molar-refractivity contribution >= 4 is 27.4 Å². The third-order valence-corrected chi connectivity index (χ3v) is 4.73. The molecule has 0 aliphatic rings. The molecule has 0 bridgehead atoms. The number of aryl methyl sites for hydroxylation is 1. The highest BCUT2D eigenvalue weighted by Gasteiger charge is 2.21. The number of hydrogen-bond acceptors (Lipinski definition) is 3. The maximum Gasteiger partial charge on any atom is 0.269 e. The standard InChI is InChI=1S/C21H17N2O3/c1-22-20-13-16(26-2)11-12-18(20)17-5-3-4-6-19(17)21(22)14-7-9-15(10-8-14)23(24)25/h3-13H,1-2H3/q+1. The first-order valence-electron chi connectivity index (χ1n) is 8.23. The summed E-state index contributed by atoms with van der Waals surface area (Å²) in [4.78, 5) is 10.6. The molecule has 1 aromatic heterocycles. The lowest BCUT2D eigenvalue weighted by atomic mass is 9.99. The SMILES string of the molecule is COc1ccc2c3ccccc3c(-c3ccc([N+](=O)[O-])cc3)[n+](C)c2c1. The Labute approximate surface area is 150 Å². The van der Waals surface area contributed by atoms with Gasteiger partial charge in [-0.1, -0.05) is 18.2 Å². The van der Waals surface area contributed by atoms with E-state index in [1.54, 1.807) is 31.4 Å². The van der Waals surface area contributed by atoms with E-state index in [0.717, 1.165) is 38.7 Å². The summed E-state index contributed by atoms with van der Waals surface area (Å²) in [6.45, 7) is 0. The average molecular weight is 345 g/mol. The van der Waals surface area contributed by atoms with E-state index in [1.807, 2.05) is 31.3 Å². The molecule has 3 aromatic carbocycles. The van der Waals surface area contributed by atoms with E-state index in [2.05, 4.69) is 22.8 Å². The van der Waals surface area contributed by atoms with Gasteiger partial charge in [0.25, 0.3) is 5.69 Å². The van der Waals surface area contributed by atoms with Crippen LogP contribution in [-0.2, 0) is 7.05 Å². The lowest BCUT2D eigenvalue weighted by molar-refractivity contribution is -0.632. The molecule has 0 aliphatic carbocycles. The van der Waals surface area contributed by atoms with Crippen molar-refractivity contribution in [3.63, 3.8) is 0 Å². The van der Waals surface area contributed by atoms with Crippen molar-refractivity contribution in [3.8, 4) is 17.0 Å². The van der Waals surface area contributed by atoms with Crippen LogP contribution in [0.4, 0.5) is 5.69 Å². The lowest BCUT2D eigenvalue weighted by Crippen LogP contribution is -2.32. The third kappa shape index (κ3) is 2.45. The zero-order chi connectivity index (χ0) is 18.3. The van der Waals surface area contributed by atoms with Crippen LogP contribution in [-0.4, -0.2) is 12.0 Å². The van der Waals surface area contributed by atoms with Crippen molar-refractivity contribution in [1.82, 2.24) is 0 Å². The van der Waals surface area contributed by atoms with Gasteiger partial charge in [-0.05, 0) is 30.3 Å². The number of nitro groups is 1. The van der Waals surface area contributed by atoms with Gasteiger partial charge in [-0.3, -0.25) is 10.1 Å². The molecule has 0 N–H and O–H groups in total. The van der Waals surface area contributed by atoms with Crippen molar-refractivity contribution in [2.75, 3.05) is 7.11 Å². The van der Waals surface area contributed by atoms with E-state index in [9.17, 15) is 10.1 Å². The van der Waals surface area contributed by atoms with Crippen molar-refractivity contribution in [2.24, 2.45) is 7.05 Å². The Morgan fingerprint density at radius 2 is 1.62 bits per heavy atom. The second-order valence-electron chi connectivity index (χ2n) is 6.14. The van der Waals surface area contributed by atoms with Crippen LogP contribution in [0.3, 0.4) is 0 Å². The fourth-order valence-corrected chi connectivity index (χ4v) is 3.46. The number of rotatable bonds is 3. The lowest BCUT2D eigenvalue weighted by Gasteiger charge is -2.10. The topological polar surface area (TPSA) is 56.3 Å². The minimum Gasteiger partial charge on any atom is -0.497 e. The summed E-state index contributed by atoms with van der Waals surface area (Å²) in [6.07, 6.45) is 0. The number of fused-ring (bicyclic) bond motifs is 3. The molecule has 1 heterocycles. The minimum absolute atomic E-state index is 0.0863. The monoisotopic (exact) mass is 345 g/mol. The van der Waals surface area contributed by atoms with Gasteiger partial charge in [0.05, 0.1) is 28.9 Å². The molecule has 0 saturated heterocycles. The molecule has 5 heteroatoms. The van der Waals surface area contributed by atoms with Crippen LogP contribution < -0.4 is 9.30 Å². The Kier molecular flexibility index (Phi) is 3.77. The van der Waals surface area contributed by atoms with Crippen LogP contribution in [0, 0.1) is 10.1 Å². The molecular formula is C21H17N2O3+. The van der Waals surface area contributed by atoms with Crippen LogP contribution in [0.5, 0.6) is 5.75 Å². The summed E-state index contributed by atoms with van der Waals surface area (Å²) < 4.78 is 7.50. The molecule has 0 atom stereocenters. The van der Waals surface area contributed by atoms with Crippen molar-refractivity contribution in [3.05, 3.63) is 76.8 Å². The molecule has 128 valence electrons. The summed E-state index contributed by atoms with van der Waals surface area (Å²) in [6, 6.07) is 20.9. The Morgan fingerprint density at radius 3 is 2.27 bits per heavy atom. The molecule has 26 heavy (non-hydrogen) atoms. The van der Waals surface area contributed by atoms with Gasteiger partial charge in [-0.15, -0.1) is 0 Å². The number of ether oxygens (including phenoxy) is 1. The van der Waals surface area contributed by atoms with E-state index < -0.39 is 0 Å². The first-order valence-corrected chi connectivity index (χ1v) is 8.23. The molecule has 0 fully saturated rings. The van der Waals surface area contributed by atoms with Gasteiger partial charge in [0.1, 0.15) is 12.8 Å². The number of methoxy groups -OCH3 is 1. The van der Waals surface area contributed by atoms with E-state index in [1.165, 1.54) is 0 Å². The highest BCUT2D eigenvalue weighted by atomic mass is 16.6. The fraction of sp³-hybridized carbons (Fsp3) is 0.0952. The Morgan fingerprint density at radius 1 is 0.923 bits per heavy atom. The van der Waals surface area contributed by atoms with Gasteiger partial charge in [0.15, 0.2) is 0 Å². The highest BCUT2D eigenvalue weighted by Crippen LogP contribution is 2.32. The zero-order valence-electron chi connectivity index (χ0n) is 14.5. The van der Waals surface area contributed by atoms with Crippen LogP contribution in [0.2, 0.25) is 0 Å². The summed E-state index contributed by atoms with van der Waals surface area (Å²) in [5, 5.41) is 14.3. The maximum atomic E-state index is 11.0. The maximum absolute atomic E-state index is 11.0. The normalized spacial score (nSPS) is 11.0. The van der Waals surface area contributed by atoms with Crippen LogP contribution in [0.15, 0.2) is 66.7 Å². The largest absolute Gasteiger partial charge is 0.497 e. The summed E-state index contributed by atoms with van der Waals surface area (Å²) in [5.41, 5.74) is 3.06. The average Bonchev–Trinajstić information content (AvgIpc) is 2.68. The molecule has 0 spiro atoms. The molecule has 0 aliphatic heterocycles. The van der Waals surface area contributed by atoms with E-state index >= 15 is 0 Å². The molecular weight excluding hydrogens is 328 g/mol. The number of pyridine rings is 1. The Hall–Kier alpha value is -3.47. The van der Waals surface area contributed by atoms with Crippen molar-refractivity contribution in [1.29, 1.82) is 0 Å². The summed E-state index contributed by atoms with van der Waals surface area (Å²) >= 11 is 0. The molecule has 4 aromatic rings. The molecule has 4 rings (SSSR count). The number of hydrogen-bond donors (Lipinski definition) is 0.